The number of halogens is 2. The van der Waals surface area contributed by atoms with E-state index in [2.05, 4.69) is 12.1 Å². The number of hydrogen-bond donors (Lipinski definition) is 1. The minimum atomic E-state index is -0.240. The van der Waals surface area contributed by atoms with Crippen molar-refractivity contribution in [3.63, 3.8) is 0 Å². The third kappa shape index (κ3) is 2.38. The van der Waals surface area contributed by atoms with Crippen molar-refractivity contribution >= 4 is 11.6 Å². The van der Waals surface area contributed by atoms with Gasteiger partial charge in [-0.15, -0.1) is 0 Å². The summed E-state index contributed by atoms with van der Waals surface area (Å²) in [5.74, 6) is 0.0173. The summed E-state index contributed by atoms with van der Waals surface area (Å²) in [7, 11) is 0. The van der Waals surface area contributed by atoms with Gasteiger partial charge in [-0.2, -0.15) is 0 Å². The average Bonchev–Trinajstić information content (AvgIpc) is 2.70. The monoisotopic (exact) mass is 275 g/mol. The molecule has 0 fully saturated rings. The van der Waals surface area contributed by atoms with Crippen molar-refractivity contribution in [2.75, 3.05) is 0 Å². The molecule has 0 spiro atoms. The van der Waals surface area contributed by atoms with Gasteiger partial charge in [0.15, 0.2) is 0 Å². The van der Waals surface area contributed by atoms with Gasteiger partial charge in [-0.25, -0.2) is 4.39 Å². The Morgan fingerprint density at radius 3 is 2.74 bits per heavy atom. The summed E-state index contributed by atoms with van der Waals surface area (Å²) < 4.78 is 13.8. The number of hydrogen-bond acceptors (Lipinski definition) is 1. The van der Waals surface area contributed by atoms with Gasteiger partial charge in [0.1, 0.15) is 5.82 Å². The van der Waals surface area contributed by atoms with E-state index in [0.29, 0.717) is 17.0 Å². The molecular weight excluding hydrogens is 261 g/mol. The smallest absolute Gasteiger partial charge is 0.127 e. The lowest BCUT2D eigenvalue weighted by molar-refractivity contribution is 0.454. The molecule has 0 bridgehead atoms. The highest BCUT2D eigenvalue weighted by Gasteiger charge is 2.29. The Morgan fingerprint density at radius 1 is 1.21 bits per heavy atom. The van der Waals surface area contributed by atoms with E-state index in [1.807, 2.05) is 12.1 Å². The molecule has 3 rings (SSSR count). The molecular formula is C16H15ClFN. The highest BCUT2D eigenvalue weighted by atomic mass is 35.5. The zero-order valence-electron chi connectivity index (χ0n) is 10.4. The van der Waals surface area contributed by atoms with Gasteiger partial charge >= 0.3 is 0 Å². The lowest BCUT2D eigenvalue weighted by atomic mass is 9.93. The van der Waals surface area contributed by atoms with Crippen molar-refractivity contribution in [3.8, 4) is 0 Å². The standard InChI is InChI=1S/C16H15ClFN/c17-13-6-5-11(15(18)9-13)8-12-7-10-3-1-2-4-14(10)16(12)19/h1-6,9,12,16H,7-8,19H2. The van der Waals surface area contributed by atoms with Crippen LogP contribution in [0, 0.1) is 11.7 Å². The Balaban J connectivity index is 1.83. The first-order valence-electron chi connectivity index (χ1n) is 6.42. The molecule has 0 saturated heterocycles. The minimum Gasteiger partial charge on any atom is -0.324 e. The summed E-state index contributed by atoms with van der Waals surface area (Å²) in [4.78, 5) is 0. The van der Waals surface area contributed by atoms with E-state index in [-0.39, 0.29) is 17.8 Å². The summed E-state index contributed by atoms with van der Waals surface area (Å²) >= 11 is 5.77. The second kappa shape index (κ2) is 4.95. The van der Waals surface area contributed by atoms with Crippen LogP contribution in [0.15, 0.2) is 42.5 Å². The SMILES string of the molecule is NC1c2ccccc2CC1Cc1ccc(Cl)cc1F. The Labute approximate surface area is 117 Å². The van der Waals surface area contributed by atoms with Crippen LogP contribution in [0.4, 0.5) is 4.39 Å². The van der Waals surface area contributed by atoms with Gasteiger partial charge in [0, 0.05) is 11.1 Å². The van der Waals surface area contributed by atoms with Crippen LogP contribution < -0.4 is 5.73 Å². The second-order valence-electron chi connectivity index (χ2n) is 5.13. The molecule has 98 valence electrons. The van der Waals surface area contributed by atoms with E-state index in [0.717, 1.165) is 6.42 Å². The number of fused-ring (bicyclic) bond motifs is 1. The maximum absolute atomic E-state index is 13.8. The first-order valence-corrected chi connectivity index (χ1v) is 6.80. The molecule has 2 atom stereocenters. The Morgan fingerprint density at radius 2 is 2.00 bits per heavy atom. The van der Waals surface area contributed by atoms with Crippen LogP contribution in [0.1, 0.15) is 22.7 Å². The van der Waals surface area contributed by atoms with Crippen molar-refractivity contribution in [2.45, 2.75) is 18.9 Å². The predicted octanol–water partition coefficient (Wildman–Crippen LogP) is 3.89. The van der Waals surface area contributed by atoms with Crippen molar-refractivity contribution in [1.82, 2.24) is 0 Å². The fourth-order valence-electron chi connectivity index (χ4n) is 2.88. The third-order valence-electron chi connectivity index (χ3n) is 3.90. The predicted molar refractivity (Wildman–Crippen MR) is 75.7 cm³/mol. The van der Waals surface area contributed by atoms with E-state index in [4.69, 9.17) is 17.3 Å². The van der Waals surface area contributed by atoms with Crippen LogP contribution in [0.5, 0.6) is 0 Å². The van der Waals surface area contributed by atoms with Crippen LogP contribution in [0.25, 0.3) is 0 Å². The summed E-state index contributed by atoms with van der Waals surface area (Å²) in [6, 6.07) is 13.0. The van der Waals surface area contributed by atoms with Gasteiger partial charge in [0.05, 0.1) is 0 Å². The van der Waals surface area contributed by atoms with Crippen LogP contribution in [0.2, 0.25) is 5.02 Å². The van der Waals surface area contributed by atoms with Crippen LogP contribution in [0.3, 0.4) is 0 Å². The Bertz CT molecular complexity index is 611. The third-order valence-corrected chi connectivity index (χ3v) is 4.14. The first kappa shape index (κ1) is 12.6. The second-order valence-corrected chi connectivity index (χ2v) is 5.57. The van der Waals surface area contributed by atoms with Crippen molar-refractivity contribution in [2.24, 2.45) is 11.7 Å². The van der Waals surface area contributed by atoms with Gasteiger partial charge in [-0.3, -0.25) is 0 Å². The van der Waals surface area contributed by atoms with Crippen molar-refractivity contribution in [1.29, 1.82) is 0 Å². The van der Waals surface area contributed by atoms with Crippen molar-refractivity contribution < 1.29 is 4.39 Å². The van der Waals surface area contributed by atoms with Crippen molar-refractivity contribution in [3.05, 3.63) is 70.0 Å². The van der Waals surface area contributed by atoms with E-state index >= 15 is 0 Å². The van der Waals surface area contributed by atoms with E-state index in [1.165, 1.54) is 17.2 Å². The molecule has 0 aromatic heterocycles. The van der Waals surface area contributed by atoms with Crippen LogP contribution >= 0.6 is 11.6 Å². The number of nitrogens with two attached hydrogens (primary N) is 1. The fourth-order valence-corrected chi connectivity index (χ4v) is 3.04. The van der Waals surface area contributed by atoms with Crippen LogP contribution in [-0.2, 0) is 12.8 Å². The molecule has 2 N–H and O–H groups in total. The summed E-state index contributed by atoms with van der Waals surface area (Å²) in [6.45, 7) is 0. The molecule has 2 aromatic rings. The first-order chi connectivity index (χ1) is 9.15. The fraction of sp³-hybridized carbons (Fsp3) is 0.250. The van der Waals surface area contributed by atoms with Gasteiger partial charge < -0.3 is 5.73 Å². The van der Waals surface area contributed by atoms with Gasteiger partial charge in [0.2, 0.25) is 0 Å². The molecule has 2 aromatic carbocycles. The summed E-state index contributed by atoms with van der Waals surface area (Å²) in [6.07, 6.45) is 1.57. The normalized spacial score (nSPS) is 21.4. The molecule has 0 amide bonds. The van der Waals surface area contributed by atoms with Gasteiger partial charge in [-0.1, -0.05) is 41.9 Å². The lowest BCUT2D eigenvalue weighted by Gasteiger charge is -2.16. The molecule has 19 heavy (non-hydrogen) atoms. The van der Waals surface area contributed by atoms with E-state index in [1.54, 1.807) is 12.1 Å². The van der Waals surface area contributed by atoms with Crippen LogP contribution in [-0.4, -0.2) is 0 Å². The quantitative estimate of drug-likeness (QED) is 0.884. The highest BCUT2D eigenvalue weighted by Crippen LogP contribution is 2.36. The largest absolute Gasteiger partial charge is 0.324 e. The van der Waals surface area contributed by atoms with Gasteiger partial charge in [0.25, 0.3) is 0 Å². The molecule has 1 nitrogen and oxygen atoms in total. The molecule has 0 saturated carbocycles. The maximum atomic E-state index is 13.8. The zero-order valence-corrected chi connectivity index (χ0v) is 11.2. The van der Waals surface area contributed by atoms with Gasteiger partial charge in [-0.05, 0) is 47.6 Å². The molecule has 2 unspecified atom stereocenters. The molecule has 1 aliphatic rings. The molecule has 1 aliphatic carbocycles. The lowest BCUT2D eigenvalue weighted by Crippen LogP contribution is -2.19. The number of rotatable bonds is 2. The molecule has 3 heteroatoms. The average molecular weight is 276 g/mol. The topological polar surface area (TPSA) is 26.0 Å². The molecule has 0 heterocycles. The van der Waals surface area contributed by atoms with E-state index in [9.17, 15) is 4.39 Å². The Hall–Kier alpha value is -1.38. The number of benzene rings is 2. The molecule has 0 aliphatic heterocycles. The highest BCUT2D eigenvalue weighted by molar-refractivity contribution is 6.30. The summed E-state index contributed by atoms with van der Waals surface area (Å²) in [5, 5.41) is 0.431. The zero-order chi connectivity index (χ0) is 13.4. The minimum absolute atomic E-state index is 0.00808. The summed E-state index contributed by atoms with van der Waals surface area (Å²) in [5.41, 5.74) is 9.44. The Kier molecular flexibility index (Phi) is 3.29. The molecule has 0 radical (unpaired) electrons. The maximum Gasteiger partial charge on any atom is 0.127 e. The van der Waals surface area contributed by atoms with E-state index < -0.39 is 0 Å².